The highest BCUT2D eigenvalue weighted by Gasteiger charge is 2.26. The molecule has 26 heavy (non-hydrogen) atoms. The molecule has 0 saturated carbocycles. The second-order valence-electron chi connectivity index (χ2n) is 6.34. The number of carbonyl (C=O) groups is 2. The van der Waals surface area contributed by atoms with Crippen molar-refractivity contribution >= 4 is 28.9 Å². The van der Waals surface area contributed by atoms with Crippen molar-refractivity contribution in [3.05, 3.63) is 63.7 Å². The van der Waals surface area contributed by atoms with E-state index < -0.39 is 4.92 Å². The van der Waals surface area contributed by atoms with Gasteiger partial charge in [0, 0.05) is 24.1 Å². The predicted octanol–water partition coefficient (Wildman–Crippen LogP) is 3.43. The molecule has 7 heteroatoms. The van der Waals surface area contributed by atoms with Crippen molar-refractivity contribution in [2.24, 2.45) is 5.92 Å². The minimum atomic E-state index is -0.477. The van der Waals surface area contributed by atoms with E-state index >= 15 is 0 Å². The van der Waals surface area contributed by atoms with E-state index in [1.54, 1.807) is 13.0 Å². The summed E-state index contributed by atoms with van der Waals surface area (Å²) < 4.78 is 0. The molecule has 2 amide bonds. The minimum absolute atomic E-state index is 0.0361. The fourth-order valence-electron chi connectivity index (χ4n) is 3.12. The summed E-state index contributed by atoms with van der Waals surface area (Å²) >= 11 is 0. The molecule has 1 aliphatic heterocycles. The second-order valence-corrected chi connectivity index (χ2v) is 6.34. The van der Waals surface area contributed by atoms with E-state index in [4.69, 9.17) is 0 Å². The lowest BCUT2D eigenvalue weighted by Gasteiger charge is -2.24. The number of nitrogens with zero attached hydrogens (tertiary/aromatic N) is 1. The third-order valence-corrected chi connectivity index (χ3v) is 4.61. The molecule has 0 aliphatic carbocycles. The van der Waals surface area contributed by atoms with Crippen LogP contribution in [0.5, 0.6) is 0 Å². The molecule has 0 fully saturated rings. The Hall–Kier alpha value is -3.22. The number of nitro groups is 1. The van der Waals surface area contributed by atoms with Crippen LogP contribution in [-0.2, 0) is 16.0 Å². The predicted molar refractivity (Wildman–Crippen MR) is 98.0 cm³/mol. The van der Waals surface area contributed by atoms with Gasteiger partial charge in [-0.25, -0.2) is 0 Å². The maximum absolute atomic E-state index is 12.2. The summed E-state index contributed by atoms with van der Waals surface area (Å²) in [5.41, 5.74) is 2.68. The zero-order valence-corrected chi connectivity index (χ0v) is 14.3. The molecule has 0 aromatic heterocycles. The molecule has 1 unspecified atom stereocenters. The molecule has 1 aliphatic rings. The summed E-state index contributed by atoms with van der Waals surface area (Å²) in [7, 11) is 0. The number of amides is 2. The Morgan fingerprint density at radius 1 is 1.27 bits per heavy atom. The van der Waals surface area contributed by atoms with Crippen molar-refractivity contribution in [2.45, 2.75) is 26.2 Å². The van der Waals surface area contributed by atoms with Gasteiger partial charge in [0.2, 0.25) is 11.8 Å². The average Bonchev–Trinajstić information content (AvgIpc) is 2.61. The molecule has 0 saturated heterocycles. The first-order chi connectivity index (χ1) is 12.5. The second kappa shape index (κ2) is 7.35. The molecule has 0 spiro atoms. The van der Waals surface area contributed by atoms with E-state index in [0.29, 0.717) is 24.1 Å². The van der Waals surface area contributed by atoms with Gasteiger partial charge in [0.15, 0.2) is 0 Å². The largest absolute Gasteiger partial charge is 0.326 e. The molecule has 0 bridgehead atoms. The van der Waals surface area contributed by atoms with Crippen LogP contribution in [0.3, 0.4) is 0 Å². The molecule has 1 heterocycles. The lowest BCUT2D eigenvalue weighted by atomic mass is 9.89. The number of fused-ring (bicyclic) bond motifs is 1. The third-order valence-electron chi connectivity index (χ3n) is 4.61. The van der Waals surface area contributed by atoms with E-state index in [1.807, 2.05) is 24.3 Å². The molecule has 0 radical (unpaired) electrons. The number of carbonyl (C=O) groups excluding carboxylic acids is 2. The molecule has 134 valence electrons. The van der Waals surface area contributed by atoms with Crippen molar-refractivity contribution in [3.63, 3.8) is 0 Å². The SMILES string of the molecule is Cc1c(NC(=O)CCC2Cc3ccccc3NC2=O)cccc1[N+](=O)[O-]. The zero-order chi connectivity index (χ0) is 18.7. The Kier molecular flexibility index (Phi) is 4.97. The normalized spacial score (nSPS) is 15.7. The van der Waals surface area contributed by atoms with Gasteiger partial charge in [-0.1, -0.05) is 24.3 Å². The van der Waals surface area contributed by atoms with Gasteiger partial charge in [0.05, 0.1) is 16.2 Å². The van der Waals surface area contributed by atoms with E-state index in [0.717, 1.165) is 11.3 Å². The lowest BCUT2D eigenvalue weighted by Crippen LogP contribution is -2.30. The Morgan fingerprint density at radius 3 is 2.81 bits per heavy atom. The zero-order valence-electron chi connectivity index (χ0n) is 14.3. The molecule has 2 N–H and O–H groups in total. The van der Waals surface area contributed by atoms with Crippen LogP contribution < -0.4 is 10.6 Å². The van der Waals surface area contributed by atoms with Crippen LogP contribution in [-0.4, -0.2) is 16.7 Å². The van der Waals surface area contributed by atoms with Gasteiger partial charge in [0.1, 0.15) is 0 Å². The first kappa shape index (κ1) is 17.6. The molecular weight excluding hydrogens is 334 g/mol. The summed E-state index contributed by atoms with van der Waals surface area (Å²) in [5, 5.41) is 16.5. The molecule has 3 rings (SSSR count). The summed E-state index contributed by atoms with van der Waals surface area (Å²) in [6, 6.07) is 12.2. The van der Waals surface area contributed by atoms with Crippen molar-refractivity contribution in [3.8, 4) is 0 Å². The average molecular weight is 353 g/mol. The number of benzene rings is 2. The van der Waals surface area contributed by atoms with Crippen molar-refractivity contribution in [2.75, 3.05) is 10.6 Å². The lowest BCUT2D eigenvalue weighted by molar-refractivity contribution is -0.385. The summed E-state index contributed by atoms with van der Waals surface area (Å²) in [4.78, 5) is 34.9. The number of hydrogen-bond acceptors (Lipinski definition) is 4. The maximum atomic E-state index is 12.2. The highest BCUT2D eigenvalue weighted by Crippen LogP contribution is 2.28. The van der Waals surface area contributed by atoms with E-state index in [2.05, 4.69) is 10.6 Å². The highest BCUT2D eigenvalue weighted by atomic mass is 16.6. The summed E-state index contributed by atoms with van der Waals surface area (Å²) in [6.07, 6.45) is 1.19. The van der Waals surface area contributed by atoms with E-state index in [9.17, 15) is 19.7 Å². The van der Waals surface area contributed by atoms with Crippen molar-refractivity contribution in [1.82, 2.24) is 0 Å². The van der Waals surface area contributed by atoms with Gasteiger partial charge in [-0.05, 0) is 37.5 Å². The molecule has 2 aromatic carbocycles. The Labute approximate surface area is 150 Å². The number of para-hydroxylation sites is 1. The fourth-order valence-corrected chi connectivity index (χ4v) is 3.12. The quantitative estimate of drug-likeness (QED) is 0.635. The van der Waals surface area contributed by atoms with Crippen LogP contribution >= 0.6 is 0 Å². The van der Waals surface area contributed by atoms with Gasteiger partial charge >= 0.3 is 0 Å². The van der Waals surface area contributed by atoms with Crippen LogP contribution in [0.1, 0.15) is 24.0 Å². The van der Waals surface area contributed by atoms with Gasteiger partial charge in [0.25, 0.3) is 5.69 Å². The summed E-state index contributed by atoms with van der Waals surface area (Å²) in [5.74, 6) is -0.606. The molecule has 2 aromatic rings. The van der Waals surface area contributed by atoms with Crippen molar-refractivity contribution in [1.29, 1.82) is 0 Å². The van der Waals surface area contributed by atoms with Crippen LogP contribution in [0.2, 0.25) is 0 Å². The standard InChI is InChI=1S/C19H19N3O4/c1-12-15(7-4-8-17(12)22(25)26)20-18(23)10-9-14-11-13-5-2-3-6-16(13)21-19(14)24/h2-8,14H,9-11H2,1H3,(H,20,23)(H,21,24). The van der Waals surface area contributed by atoms with Crippen LogP contribution in [0.25, 0.3) is 0 Å². The first-order valence-electron chi connectivity index (χ1n) is 8.38. The van der Waals surface area contributed by atoms with Gasteiger partial charge < -0.3 is 10.6 Å². The van der Waals surface area contributed by atoms with E-state index in [-0.39, 0.29) is 29.8 Å². The molecule has 7 nitrogen and oxygen atoms in total. The van der Waals surface area contributed by atoms with Crippen LogP contribution in [0.15, 0.2) is 42.5 Å². The number of hydrogen-bond donors (Lipinski definition) is 2. The molecular formula is C19H19N3O4. The van der Waals surface area contributed by atoms with Gasteiger partial charge in [-0.3, -0.25) is 19.7 Å². The Balaban J connectivity index is 1.61. The third kappa shape index (κ3) is 3.72. The smallest absolute Gasteiger partial charge is 0.274 e. The fraction of sp³-hybridized carbons (Fsp3) is 0.263. The number of nitrogens with one attached hydrogen (secondary N) is 2. The van der Waals surface area contributed by atoms with Gasteiger partial charge in [-0.15, -0.1) is 0 Å². The first-order valence-corrected chi connectivity index (χ1v) is 8.38. The van der Waals surface area contributed by atoms with Crippen LogP contribution in [0, 0.1) is 23.0 Å². The van der Waals surface area contributed by atoms with Crippen molar-refractivity contribution < 1.29 is 14.5 Å². The van der Waals surface area contributed by atoms with Crippen LogP contribution in [0.4, 0.5) is 17.1 Å². The maximum Gasteiger partial charge on any atom is 0.274 e. The minimum Gasteiger partial charge on any atom is -0.326 e. The van der Waals surface area contributed by atoms with Gasteiger partial charge in [-0.2, -0.15) is 0 Å². The Morgan fingerprint density at radius 2 is 2.04 bits per heavy atom. The topological polar surface area (TPSA) is 101 Å². The number of anilines is 2. The molecule has 1 atom stereocenters. The monoisotopic (exact) mass is 353 g/mol. The number of nitro benzene ring substituents is 1. The van der Waals surface area contributed by atoms with E-state index in [1.165, 1.54) is 12.1 Å². The highest BCUT2D eigenvalue weighted by molar-refractivity contribution is 5.96. The number of rotatable bonds is 5. The summed E-state index contributed by atoms with van der Waals surface area (Å²) in [6.45, 7) is 1.60. The Bertz CT molecular complexity index is 879.